The van der Waals surface area contributed by atoms with Crippen LogP contribution in [0.25, 0.3) is 0 Å². The summed E-state index contributed by atoms with van der Waals surface area (Å²) in [4.78, 5) is 26.9. The number of primary amides is 1. The number of amides is 2. The van der Waals surface area contributed by atoms with E-state index in [9.17, 15) is 9.59 Å². The Morgan fingerprint density at radius 1 is 1.27 bits per heavy atom. The molecular weight excluding hydrogens is 334 g/mol. The SMILES string of the molecule is COc1cc(C)c(CN(C)C(=O)C[NH+]2CCC[C@H](C(N)=O)C2)cc1OC. The minimum Gasteiger partial charge on any atom is -0.493 e. The number of likely N-dealkylation sites (tertiary alicyclic amines) is 1. The number of piperidine rings is 1. The Morgan fingerprint density at radius 2 is 1.92 bits per heavy atom. The largest absolute Gasteiger partial charge is 0.493 e. The first kappa shape index (κ1) is 20.0. The van der Waals surface area contributed by atoms with Crippen LogP contribution >= 0.6 is 0 Å². The van der Waals surface area contributed by atoms with Crippen LogP contribution in [0.2, 0.25) is 0 Å². The number of nitrogens with one attached hydrogen (secondary N) is 1. The van der Waals surface area contributed by atoms with Crippen molar-refractivity contribution in [3.05, 3.63) is 23.3 Å². The van der Waals surface area contributed by atoms with Gasteiger partial charge in [0.15, 0.2) is 18.0 Å². The van der Waals surface area contributed by atoms with Crippen LogP contribution in [0.1, 0.15) is 24.0 Å². The fourth-order valence-corrected chi connectivity index (χ4v) is 3.44. The molecule has 0 saturated carbocycles. The van der Waals surface area contributed by atoms with Crippen LogP contribution in [0, 0.1) is 12.8 Å². The van der Waals surface area contributed by atoms with E-state index in [4.69, 9.17) is 15.2 Å². The number of carbonyl (C=O) groups is 2. The molecule has 7 nitrogen and oxygen atoms in total. The summed E-state index contributed by atoms with van der Waals surface area (Å²) in [6.45, 7) is 4.41. The Kier molecular flexibility index (Phi) is 6.85. The smallest absolute Gasteiger partial charge is 0.277 e. The summed E-state index contributed by atoms with van der Waals surface area (Å²) in [6.07, 6.45) is 1.75. The van der Waals surface area contributed by atoms with Crippen molar-refractivity contribution < 1.29 is 24.0 Å². The lowest BCUT2D eigenvalue weighted by atomic mass is 9.97. The maximum atomic E-state index is 12.6. The van der Waals surface area contributed by atoms with Crippen molar-refractivity contribution in [1.82, 2.24) is 4.90 Å². The number of carbonyl (C=O) groups excluding carboxylic acids is 2. The second kappa shape index (κ2) is 8.89. The molecule has 1 aliphatic heterocycles. The van der Waals surface area contributed by atoms with Gasteiger partial charge < -0.3 is 25.0 Å². The molecule has 0 aromatic heterocycles. The van der Waals surface area contributed by atoms with E-state index in [1.54, 1.807) is 26.2 Å². The number of benzene rings is 1. The zero-order chi connectivity index (χ0) is 19.3. The second-order valence-corrected chi connectivity index (χ2v) is 7.01. The zero-order valence-electron chi connectivity index (χ0n) is 16.1. The molecular formula is C19H30N3O4+. The second-order valence-electron chi connectivity index (χ2n) is 7.01. The molecule has 3 N–H and O–H groups in total. The van der Waals surface area contributed by atoms with Gasteiger partial charge in [0.1, 0.15) is 0 Å². The molecule has 2 amide bonds. The average molecular weight is 364 g/mol. The van der Waals surface area contributed by atoms with Crippen LogP contribution in [-0.4, -0.2) is 57.6 Å². The first-order valence-corrected chi connectivity index (χ1v) is 8.94. The van der Waals surface area contributed by atoms with Crippen molar-refractivity contribution in [2.75, 3.05) is 40.9 Å². The number of ether oxygens (including phenoxy) is 2. The number of nitrogens with zero attached hydrogens (tertiary/aromatic N) is 1. The van der Waals surface area contributed by atoms with Gasteiger partial charge in [-0.2, -0.15) is 0 Å². The summed E-state index contributed by atoms with van der Waals surface area (Å²) in [5, 5.41) is 0. The Hall–Kier alpha value is -2.28. The predicted octanol–water partition coefficient (Wildman–Crippen LogP) is -0.249. The van der Waals surface area contributed by atoms with Crippen molar-refractivity contribution in [3.63, 3.8) is 0 Å². The van der Waals surface area contributed by atoms with E-state index in [2.05, 4.69) is 0 Å². The lowest BCUT2D eigenvalue weighted by molar-refractivity contribution is -0.899. The highest BCUT2D eigenvalue weighted by molar-refractivity contribution is 5.78. The van der Waals surface area contributed by atoms with Crippen molar-refractivity contribution in [1.29, 1.82) is 0 Å². The number of quaternary nitrogens is 1. The standard InChI is InChI=1S/C19H29N3O4/c1-13-8-16(25-3)17(26-4)9-15(13)10-21(2)18(23)12-22-7-5-6-14(11-22)19(20)24/h8-9,14H,5-7,10-12H2,1-4H3,(H2,20,24)/p+1/t14-/m0/s1. The van der Waals surface area contributed by atoms with Crippen LogP contribution in [0.3, 0.4) is 0 Å². The quantitative estimate of drug-likeness (QED) is 0.699. The molecule has 1 aliphatic rings. The lowest BCUT2D eigenvalue weighted by Crippen LogP contribution is -3.14. The van der Waals surface area contributed by atoms with Gasteiger partial charge >= 0.3 is 0 Å². The highest BCUT2D eigenvalue weighted by atomic mass is 16.5. The molecule has 0 bridgehead atoms. The Morgan fingerprint density at radius 3 is 2.54 bits per heavy atom. The maximum absolute atomic E-state index is 12.6. The third-order valence-electron chi connectivity index (χ3n) is 5.10. The predicted molar refractivity (Wildman–Crippen MR) is 98.2 cm³/mol. The highest BCUT2D eigenvalue weighted by Crippen LogP contribution is 2.30. The number of hydrogen-bond donors (Lipinski definition) is 2. The molecule has 2 rings (SSSR count). The molecule has 0 spiro atoms. The molecule has 26 heavy (non-hydrogen) atoms. The number of likely N-dealkylation sites (N-methyl/N-ethyl adjacent to an activating group) is 1. The summed E-state index contributed by atoms with van der Waals surface area (Å²) in [5.41, 5.74) is 7.48. The lowest BCUT2D eigenvalue weighted by Gasteiger charge is -2.29. The molecule has 2 atom stereocenters. The molecule has 0 aliphatic carbocycles. The molecule has 144 valence electrons. The summed E-state index contributed by atoms with van der Waals surface area (Å²) in [6, 6.07) is 3.83. The zero-order valence-corrected chi connectivity index (χ0v) is 16.1. The van der Waals surface area contributed by atoms with E-state index in [1.165, 1.54) is 0 Å². The van der Waals surface area contributed by atoms with Gasteiger partial charge in [0.25, 0.3) is 5.91 Å². The number of aryl methyl sites for hydroxylation is 1. The first-order chi connectivity index (χ1) is 12.3. The molecule has 1 aromatic rings. The van der Waals surface area contributed by atoms with E-state index in [0.717, 1.165) is 35.4 Å². The number of nitrogens with two attached hydrogens (primary N) is 1. The van der Waals surface area contributed by atoms with Gasteiger partial charge in [0.2, 0.25) is 5.91 Å². The van der Waals surface area contributed by atoms with Crippen LogP contribution in [0.4, 0.5) is 0 Å². The molecule has 1 saturated heterocycles. The normalized spacial score (nSPS) is 19.7. The number of hydrogen-bond acceptors (Lipinski definition) is 4. The van der Waals surface area contributed by atoms with E-state index in [-0.39, 0.29) is 17.7 Å². The summed E-state index contributed by atoms with van der Waals surface area (Å²) >= 11 is 0. The molecule has 1 aromatic carbocycles. The van der Waals surface area contributed by atoms with Gasteiger partial charge in [-0.1, -0.05) is 0 Å². The van der Waals surface area contributed by atoms with Gasteiger partial charge in [-0.3, -0.25) is 9.59 Å². The number of methoxy groups -OCH3 is 2. The highest BCUT2D eigenvalue weighted by Gasteiger charge is 2.29. The molecule has 1 fully saturated rings. The van der Waals surface area contributed by atoms with Gasteiger partial charge in [-0.15, -0.1) is 0 Å². The minimum atomic E-state index is -0.260. The van der Waals surface area contributed by atoms with Crippen molar-refractivity contribution in [2.45, 2.75) is 26.3 Å². The van der Waals surface area contributed by atoms with E-state index in [0.29, 0.717) is 31.1 Å². The van der Waals surface area contributed by atoms with Gasteiger partial charge in [0, 0.05) is 13.6 Å². The molecule has 1 heterocycles. The van der Waals surface area contributed by atoms with Crippen molar-refractivity contribution in [2.24, 2.45) is 11.7 Å². The Labute approximate surface area is 155 Å². The Bertz CT molecular complexity index is 662. The summed E-state index contributed by atoms with van der Waals surface area (Å²) in [7, 11) is 5.00. The topological polar surface area (TPSA) is 86.3 Å². The van der Waals surface area contributed by atoms with Crippen molar-refractivity contribution >= 4 is 11.8 Å². The van der Waals surface area contributed by atoms with Gasteiger partial charge in [0.05, 0.1) is 33.2 Å². The number of rotatable bonds is 7. The third kappa shape index (κ3) is 4.88. The monoisotopic (exact) mass is 364 g/mol. The van der Waals surface area contributed by atoms with Crippen LogP contribution in [0.15, 0.2) is 12.1 Å². The molecule has 0 radical (unpaired) electrons. The Balaban J connectivity index is 1.99. The first-order valence-electron chi connectivity index (χ1n) is 8.94. The van der Waals surface area contributed by atoms with Crippen LogP contribution < -0.4 is 20.1 Å². The molecule has 7 heteroatoms. The third-order valence-corrected chi connectivity index (χ3v) is 5.10. The van der Waals surface area contributed by atoms with Crippen LogP contribution in [-0.2, 0) is 16.1 Å². The van der Waals surface area contributed by atoms with E-state index >= 15 is 0 Å². The van der Waals surface area contributed by atoms with Crippen molar-refractivity contribution in [3.8, 4) is 11.5 Å². The average Bonchev–Trinajstić information content (AvgIpc) is 2.62. The summed E-state index contributed by atoms with van der Waals surface area (Å²) in [5.74, 6) is 1.01. The van der Waals surface area contributed by atoms with E-state index in [1.807, 2.05) is 19.1 Å². The fourth-order valence-electron chi connectivity index (χ4n) is 3.44. The molecule has 1 unspecified atom stereocenters. The minimum absolute atomic E-state index is 0.0549. The van der Waals surface area contributed by atoms with Crippen LogP contribution in [0.5, 0.6) is 11.5 Å². The summed E-state index contributed by atoms with van der Waals surface area (Å²) < 4.78 is 10.7. The maximum Gasteiger partial charge on any atom is 0.277 e. The van der Waals surface area contributed by atoms with Gasteiger partial charge in [-0.05, 0) is 43.0 Å². The van der Waals surface area contributed by atoms with Gasteiger partial charge in [-0.25, -0.2) is 0 Å². The fraction of sp³-hybridized carbons (Fsp3) is 0.579. The van der Waals surface area contributed by atoms with E-state index < -0.39 is 0 Å².